The molecule has 1 aromatic heterocycles. The summed E-state index contributed by atoms with van der Waals surface area (Å²) in [5.41, 5.74) is 7.15. The Morgan fingerprint density at radius 1 is 1.14 bits per heavy atom. The molecular weight excluding hydrogens is 414 g/mol. The van der Waals surface area contributed by atoms with E-state index in [0.29, 0.717) is 10.6 Å². The van der Waals surface area contributed by atoms with Gasteiger partial charge in [-0.05, 0) is 49.9 Å². The summed E-state index contributed by atoms with van der Waals surface area (Å²) in [5.74, 6) is -0.0984. The minimum absolute atomic E-state index is 0.0984. The van der Waals surface area contributed by atoms with Crippen LogP contribution in [-0.2, 0) is 11.2 Å². The van der Waals surface area contributed by atoms with Crippen LogP contribution in [0.25, 0.3) is 0 Å². The number of nitrogens with zero attached hydrogens (tertiary/aromatic N) is 1. The third-order valence-corrected chi connectivity index (χ3v) is 6.03. The van der Waals surface area contributed by atoms with Crippen molar-refractivity contribution in [1.82, 2.24) is 4.98 Å². The topological polar surface area (TPSA) is 85.1 Å². The molecule has 1 aliphatic heterocycles. The van der Waals surface area contributed by atoms with Crippen molar-refractivity contribution in [3.05, 3.63) is 68.6 Å². The molecule has 2 heterocycles. The second kappa shape index (κ2) is 10.4. The molecule has 0 radical (unpaired) electrons. The Morgan fingerprint density at radius 2 is 1.89 bits per heavy atom. The van der Waals surface area contributed by atoms with Crippen molar-refractivity contribution in [2.45, 2.75) is 23.1 Å². The standard InChI is InChI=1S/C18H13ClN2OS2.CH5N.CH2O/c1-10-20-9-13(23-10)6-11-2-5-16-15(7-11)21-18(22)14-4-3-12(19)8-17(14)24-16;2*1-2/h2-5,7-9H,6H2,1H3,(H,21,22);2H2,1H3;1H2. The van der Waals surface area contributed by atoms with Gasteiger partial charge in [-0.2, -0.15) is 0 Å². The van der Waals surface area contributed by atoms with Crippen LogP contribution in [0.1, 0.15) is 25.8 Å². The predicted molar refractivity (Wildman–Crippen MR) is 117 cm³/mol. The molecule has 0 saturated carbocycles. The molecule has 2 aromatic carbocycles. The number of amides is 1. The number of hydrogen-bond acceptors (Lipinski definition) is 6. The van der Waals surface area contributed by atoms with E-state index in [1.54, 1.807) is 35.2 Å². The average Bonchev–Trinajstić information content (AvgIpc) is 3.05. The molecule has 0 saturated heterocycles. The van der Waals surface area contributed by atoms with E-state index in [4.69, 9.17) is 16.4 Å². The molecule has 3 aromatic rings. The molecule has 5 nitrogen and oxygen atoms in total. The Morgan fingerprint density at radius 3 is 2.57 bits per heavy atom. The van der Waals surface area contributed by atoms with E-state index in [1.165, 1.54) is 11.9 Å². The zero-order valence-electron chi connectivity index (χ0n) is 15.5. The number of halogens is 1. The van der Waals surface area contributed by atoms with E-state index in [9.17, 15) is 4.79 Å². The normalized spacial score (nSPS) is 11.5. The summed E-state index contributed by atoms with van der Waals surface area (Å²) in [6, 6.07) is 11.6. The molecule has 0 aliphatic carbocycles. The largest absolute Gasteiger partial charge is 0.333 e. The number of benzene rings is 2. The summed E-state index contributed by atoms with van der Waals surface area (Å²) >= 11 is 9.33. The third-order valence-electron chi connectivity index (χ3n) is 3.75. The first-order valence-corrected chi connectivity index (χ1v) is 10.3. The smallest absolute Gasteiger partial charge is 0.256 e. The van der Waals surface area contributed by atoms with Gasteiger partial charge in [0.05, 0.1) is 16.3 Å². The molecule has 28 heavy (non-hydrogen) atoms. The first-order chi connectivity index (χ1) is 13.6. The molecule has 1 aliphatic rings. The van der Waals surface area contributed by atoms with Crippen LogP contribution in [0.3, 0.4) is 0 Å². The molecule has 0 atom stereocenters. The van der Waals surface area contributed by atoms with E-state index in [-0.39, 0.29) is 5.91 Å². The van der Waals surface area contributed by atoms with E-state index in [0.717, 1.165) is 32.5 Å². The highest BCUT2D eigenvalue weighted by Crippen LogP contribution is 2.40. The lowest BCUT2D eigenvalue weighted by atomic mass is 10.1. The van der Waals surface area contributed by atoms with Crippen LogP contribution in [0.4, 0.5) is 5.69 Å². The molecule has 4 rings (SSSR count). The summed E-state index contributed by atoms with van der Waals surface area (Å²) < 4.78 is 0. The van der Waals surface area contributed by atoms with Crippen molar-refractivity contribution < 1.29 is 9.59 Å². The van der Waals surface area contributed by atoms with Gasteiger partial charge in [-0.15, -0.1) is 11.3 Å². The van der Waals surface area contributed by atoms with Gasteiger partial charge in [0, 0.05) is 32.3 Å². The highest BCUT2D eigenvalue weighted by molar-refractivity contribution is 7.99. The first-order valence-electron chi connectivity index (χ1n) is 8.28. The Bertz CT molecular complexity index is 976. The second-order valence-electron chi connectivity index (χ2n) is 5.55. The van der Waals surface area contributed by atoms with Gasteiger partial charge >= 0.3 is 0 Å². The van der Waals surface area contributed by atoms with Gasteiger partial charge in [-0.25, -0.2) is 4.98 Å². The summed E-state index contributed by atoms with van der Waals surface area (Å²) in [6.45, 7) is 4.00. The number of aromatic nitrogens is 1. The van der Waals surface area contributed by atoms with Crippen molar-refractivity contribution in [3.63, 3.8) is 0 Å². The highest BCUT2D eigenvalue weighted by atomic mass is 35.5. The van der Waals surface area contributed by atoms with Gasteiger partial charge < -0.3 is 15.8 Å². The lowest BCUT2D eigenvalue weighted by molar-refractivity contribution is -0.0980. The quantitative estimate of drug-likeness (QED) is 0.606. The van der Waals surface area contributed by atoms with Crippen LogP contribution in [0.5, 0.6) is 0 Å². The Labute approximate surface area is 177 Å². The van der Waals surface area contributed by atoms with Crippen molar-refractivity contribution in [3.8, 4) is 0 Å². The van der Waals surface area contributed by atoms with Crippen LogP contribution in [-0.4, -0.2) is 24.7 Å². The number of nitrogens with two attached hydrogens (primary N) is 1. The van der Waals surface area contributed by atoms with E-state index >= 15 is 0 Å². The van der Waals surface area contributed by atoms with Crippen LogP contribution < -0.4 is 11.1 Å². The summed E-state index contributed by atoms with van der Waals surface area (Å²) in [7, 11) is 1.50. The van der Waals surface area contributed by atoms with Crippen molar-refractivity contribution in [1.29, 1.82) is 0 Å². The lowest BCUT2D eigenvalue weighted by Gasteiger charge is -2.08. The number of aryl methyl sites for hydroxylation is 1. The third kappa shape index (κ3) is 5.20. The number of nitrogens with one attached hydrogen (secondary N) is 1. The minimum Gasteiger partial charge on any atom is -0.333 e. The van der Waals surface area contributed by atoms with E-state index < -0.39 is 0 Å². The number of rotatable bonds is 2. The van der Waals surface area contributed by atoms with Gasteiger partial charge in [0.2, 0.25) is 0 Å². The fourth-order valence-electron chi connectivity index (χ4n) is 2.64. The first kappa shape index (κ1) is 22.1. The number of fused-ring (bicyclic) bond motifs is 2. The summed E-state index contributed by atoms with van der Waals surface area (Å²) in [5, 5.41) is 4.71. The number of thiazole rings is 1. The fraction of sp³-hybridized carbons (Fsp3) is 0.150. The van der Waals surface area contributed by atoms with E-state index in [2.05, 4.69) is 28.2 Å². The maximum atomic E-state index is 12.5. The van der Waals surface area contributed by atoms with Gasteiger partial charge in [-0.3, -0.25) is 4.79 Å². The second-order valence-corrected chi connectivity index (χ2v) is 8.39. The van der Waals surface area contributed by atoms with Crippen LogP contribution in [0, 0.1) is 6.92 Å². The lowest BCUT2D eigenvalue weighted by Crippen LogP contribution is -2.11. The van der Waals surface area contributed by atoms with Crippen molar-refractivity contribution in [2.24, 2.45) is 5.73 Å². The molecule has 0 spiro atoms. The number of hydrogen-bond donors (Lipinski definition) is 2. The zero-order valence-corrected chi connectivity index (χ0v) is 17.9. The van der Waals surface area contributed by atoms with Crippen LogP contribution >= 0.6 is 34.7 Å². The molecule has 0 fully saturated rings. The Hall–Kier alpha value is -2.19. The monoisotopic (exact) mass is 433 g/mol. The van der Waals surface area contributed by atoms with Crippen LogP contribution in [0.15, 0.2) is 52.4 Å². The van der Waals surface area contributed by atoms with Crippen molar-refractivity contribution in [2.75, 3.05) is 12.4 Å². The SMILES string of the molecule is C=O.CN.Cc1ncc(Cc2ccc3c(c2)NC(=O)c2ccc(Cl)cc2S3)s1. The Balaban J connectivity index is 0.000000660. The molecule has 8 heteroatoms. The maximum Gasteiger partial charge on any atom is 0.256 e. The van der Waals surface area contributed by atoms with Crippen molar-refractivity contribution >= 4 is 53.1 Å². The zero-order chi connectivity index (χ0) is 20.7. The van der Waals surface area contributed by atoms with Gasteiger partial charge in [0.25, 0.3) is 5.91 Å². The van der Waals surface area contributed by atoms with Gasteiger partial charge in [-0.1, -0.05) is 29.4 Å². The predicted octanol–water partition coefficient (Wildman–Crippen LogP) is 4.80. The molecule has 0 unspecified atom stereocenters. The highest BCUT2D eigenvalue weighted by Gasteiger charge is 2.20. The number of carbonyl (C=O) groups is 2. The minimum atomic E-state index is -0.0984. The number of carbonyl (C=O) groups excluding carboxylic acids is 2. The molecular formula is C20H20ClN3O2S2. The van der Waals surface area contributed by atoms with E-state index in [1.807, 2.05) is 32.0 Å². The van der Waals surface area contributed by atoms with Crippen LogP contribution in [0.2, 0.25) is 5.02 Å². The molecule has 146 valence electrons. The summed E-state index contributed by atoms with van der Waals surface area (Å²) in [4.78, 5) is 27.9. The maximum absolute atomic E-state index is 12.5. The van der Waals surface area contributed by atoms with Gasteiger partial charge in [0.15, 0.2) is 0 Å². The van der Waals surface area contributed by atoms with Gasteiger partial charge in [0.1, 0.15) is 6.79 Å². The molecule has 3 N–H and O–H groups in total. The molecule has 1 amide bonds. The Kier molecular flexibility index (Phi) is 8.19. The number of anilines is 1. The fourth-order valence-corrected chi connectivity index (χ4v) is 4.75. The summed E-state index contributed by atoms with van der Waals surface area (Å²) in [6.07, 6.45) is 2.73. The molecule has 0 bridgehead atoms. The average molecular weight is 434 g/mol.